The Morgan fingerprint density at radius 3 is 2.61 bits per heavy atom. The second kappa shape index (κ2) is 5.74. The Kier molecular flexibility index (Phi) is 4.05. The molecule has 0 heterocycles. The van der Waals surface area contributed by atoms with E-state index in [0.717, 1.165) is 22.5 Å². The fraction of sp³-hybridized carbons (Fsp3) is 0.133. The first-order valence-corrected chi connectivity index (χ1v) is 6.84. The summed E-state index contributed by atoms with van der Waals surface area (Å²) in [5.74, 6) is 1.37. The van der Waals surface area contributed by atoms with Gasteiger partial charge in [-0.3, -0.25) is 4.79 Å². The number of benzene rings is 2. The van der Waals surface area contributed by atoms with E-state index in [-0.39, 0.29) is 0 Å². The summed E-state index contributed by atoms with van der Waals surface area (Å²) in [6.45, 7) is 1.95. The molecule has 0 radical (unpaired) electrons. The number of para-hydroxylation sites is 1. The molecule has 2 nitrogen and oxygen atoms in total. The molecule has 0 unspecified atom stereocenters. The van der Waals surface area contributed by atoms with Crippen LogP contribution in [0.3, 0.4) is 0 Å². The lowest BCUT2D eigenvalue weighted by Gasteiger charge is -2.11. The molecule has 2 aromatic carbocycles. The molecule has 18 heavy (non-hydrogen) atoms. The van der Waals surface area contributed by atoms with Gasteiger partial charge in [0.1, 0.15) is 11.5 Å². The molecule has 0 N–H and O–H groups in total. The molecule has 2 rings (SSSR count). The van der Waals surface area contributed by atoms with Crippen molar-refractivity contribution < 1.29 is 9.53 Å². The van der Waals surface area contributed by atoms with E-state index in [1.807, 2.05) is 55.6 Å². The quantitative estimate of drug-likeness (QED) is 0.603. The van der Waals surface area contributed by atoms with Crippen LogP contribution in [0.1, 0.15) is 15.9 Å². The molecule has 0 bridgehead atoms. The summed E-state index contributed by atoms with van der Waals surface area (Å²) < 4.78 is 5.83. The van der Waals surface area contributed by atoms with Gasteiger partial charge in [0.05, 0.1) is 5.56 Å². The lowest BCUT2D eigenvalue weighted by molar-refractivity contribution is 0.112. The molecule has 0 saturated heterocycles. The Morgan fingerprint density at radius 1 is 1.11 bits per heavy atom. The van der Waals surface area contributed by atoms with Gasteiger partial charge in [-0.05, 0) is 37.4 Å². The Morgan fingerprint density at radius 2 is 1.89 bits per heavy atom. The number of rotatable bonds is 4. The Bertz CT molecular complexity index is 564. The molecule has 0 atom stereocenters. The Hall–Kier alpha value is -1.74. The molecule has 0 aliphatic heterocycles. The number of carbonyl (C=O) groups excluding carboxylic acids is 1. The van der Waals surface area contributed by atoms with Gasteiger partial charge in [-0.1, -0.05) is 23.8 Å². The third-order valence-electron chi connectivity index (χ3n) is 2.58. The normalized spacial score (nSPS) is 10.1. The van der Waals surface area contributed by atoms with Crippen molar-refractivity contribution in [2.24, 2.45) is 0 Å². The molecular weight excluding hydrogens is 244 g/mol. The molecule has 0 aliphatic rings. The predicted molar refractivity (Wildman–Crippen MR) is 74.9 cm³/mol. The van der Waals surface area contributed by atoms with Crippen LogP contribution in [0.4, 0.5) is 0 Å². The molecule has 0 aromatic heterocycles. The van der Waals surface area contributed by atoms with Crippen molar-refractivity contribution in [2.45, 2.75) is 11.8 Å². The van der Waals surface area contributed by atoms with Crippen molar-refractivity contribution in [3.63, 3.8) is 0 Å². The van der Waals surface area contributed by atoms with Crippen molar-refractivity contribution in [3.8, 4) is 11.5 Å². The van der Waals surface area contributed by atoms with E-state index in [1.54, 1.807) is 11.8 Å². The fourth-order valence-electron chi connectivity index (χ4n) is 1.67. The zero-order valence-electron chi connectivity index (χ0n) is 10.3. The fourth-order valence-corrected chi connectivity index (χ4v) is 2.20. The molecule has 3 heteroatoms. The predicted octanol–water partition coefficient (Wildman–Crippen LogP) is 4.32. The molecule has 0 spiro atoms. The minimum Gasteiger partial charge on any atom is -0.455 e. The van der Waals surface area contributed by atoms with Gasteiger partial charge in [0.2, 0.25) is 0 Å². The average molecular weight is 258 g/mol. The summed E-state index contributed by atoms with van der Waals surface area (Å²) in [6.07, 6.45) is 2.82. The monoisotopic (exact) mass is 258 g/mol. The van der Waals surface area contributed by atoms with Crippen LogP contribution in [-0.4, -0.2) is 12.5 Å². The standard InChI is InChI=1S/C15H14O2S/c1-11-7-8-13(12(9-11)10-16)17-14-5-3-4-6-15(14)18-2/h3-10H,1-2H3. The lowest BCUT2D eigenvalue weighted by Crippen LogP contribution is -1.92. The van der Waals surface area contributed by atoms with Crippen LogP contribution in [0, 0.1) is 6.92 Å². The third-order valence-corrected chi connectivity index (χ3v) is 3.36. The van der Waals surface area contributed by atoms with Gasteiger partial charge in [-0.2, -0.15) is 0 Å². The third kappa shape index (κ3) is 2.74. The number of hydrogen-bond donors (Lipinski definition) is 0. The van der Waals surface area contributed by atoms with Crippen molar-refractivity contribution in [1.29, 1.82) is 0 Å². The van der Waals surface area contributed by atoms with E-state index in [4.69, 9.17) is 4.74 Å². The van der Waals surface area contributed by atoms with Crippen LogP contribution in [0.2, 0.25) is 0 Å². The first kappa shape index (κ1) is 12.7. The maximum absolute atomic E-state index is 11.0. The molecular formula is C15H14O2S. The minimum atomic E-state index is 0.575. The number of ether oxygens (including phenoxy) is 1. The van der Waals surface area contributed by atoms with Gasteiger partial charge in [-0.15, -0.1) is 11.8 Å². The van der Waals surface area contributed by atoms with Gasteiger partial charge in [0.15, 0.2) is 6.29 Å². The Balaban J connectivity index is 2.36. The summed E-state index contributed by atoms with van der Waals surface area (Å²) in [5.41, 5.74) is 1.62. The molecule has 0 amide bonds. The lowest BCUT2D eigenvalue weighted by atomic mass is 10.1. The zero-order chi connectivity index (χ0) is 13.0. The van der Waals surface area contributed by atoms with Gasteiger partial charge in [-0.25, -0.2) is 0 Å². The molecule has 0 fully saturated rings. The number of hydrogen-bond acceptors (Lipinski definition) is 3. The number of aldehydes is 1. The van der Waals surface area contributed by atoms with Crippen molar-refractivity contribution in [2.75, 3.05) is 6.26 Å². The minimum absolute atomic E-state index is 0.575. The van der Waals surface area contributed by atoms with Crippen molar-refractivity contribution in [3.05, 3.63) is 53.6 Å². The van der Waals surface area contributed by atoms with Crippen LogP contribution < -0.4 is 4.74 Å². The van der Waals surface area contributed by atoms with Crippen molar-refractivity contribution >= 4 is 18.0 Å². The first-order valence-electron chi connectivity index (χ1n) is 5.61. The highest BCUT2D eigenvalue weighted by Gasteiger charge is 2.07. The SMILES string of the molecule is CSc1ccccc1Oc1ccc(C)cc1C=O. The molecule has 2 aromatic rings. The van der Waals surface area contributed by atoms with E-state index in [9.17, 15) is 4.79 Å². The summed E-state index contributed by atoms with van der Waals surface area (Å²) in [7, 11) is 0. The number of thioether (sulfide) groups is 1. The maximum atomic E-state index is 11.0. The second-order valence-corrected chi connectivity index (χ2v) is 4.76. The second-order valence-electron chi connectivity index (χ2n) is 3.91. The Labute approximate surface area is 111 Å². The van der Waals surface area contributed by atoms with E-state index in [0.29, 0.717) is 11.3 Å². The number of aryl methyl sites for hydroxylation is 1. The number of carbonyl (C=O) groups is 1. The topological polar surface area (TPSA) is 26.3 Å². The smallest absolute Gasteiger partial charge is 0.153 e. The highest BCUT2D eigenvalue weighted by Crippen LogP contribution is 2.32. The maximum Gasteiger partial charge on any atom is 0.153 e. The van der Waals surface area contributed by atoms with Gasteiger partial charge >= 0.3 is 0 Å². The summed E-state index contributed by atoms with van der Waals surface area (Å²) in [4.78, 5) is 12.1. The molecule has 92 valence electrons. The largest absolute Gasteiger partial charge is 0.455 e. The summed E-state index contributed by atoms with van der Waals surface area (Å²) in [5, 5.41) is 0. The van der Waals surface area contributed by atoms with E-state index in [1.165, 1.54) is 0 Å². The van der Waals surface area contributed by atoms with E-state index in [2.05, 4.69) is 0 Å². The van der Waals surface area contributed by atoms with E-state index >= 15 is 0 Å². The highest BCUT2D eigenvalue weighted by molar-refractivity contribution is 7.98. The first-order chi connectivity index (χ1) is 8.74. The van der Waals surface area contributed by atoms with Crippen LogP contribution in [0.15, 0.2) is 47.4 Å². The zero-order valence-corrected chi connectivity index (χ0v) is 11.2. The van der Waals surface area contributed by atoms with E-state index < -0.39 is 0 Å². The summed E-state index contributed by atoms with van der Waals surface area (Å²) in [6, 6.07) is 13.4. The van der Waals surface area contributed by atoms with Gasteiger partial charge in [0, 0.05) is 4.90 Å². The van der Waals surface area contributed by atoms with Crippen LogP contribution in [0.25, 0.3) is 0 Å². The van der Waals surface area contributed by atoms with Crippen LogP contribution >= 0.6 is 11.8 Å². The van der Waals surface area contributed by atoms with Gasteiger partial charge < -0.3 is 4.74 Å². The highest BCUT2D eigenvalue weighted by atomic mass is 32.2. The average Bonchev–Trinajstić information content (AvgIpc) is 2.41. The van der Waals surface area contributed by atoms with Gasteiger partial charge in [0.25, 0.3) is 0 Å². The van der Waals surface area contributed by atoms with Crippen molar-refractivity contribution in [1.82, 2.24) is 0 Å². The molecule has 0 aliphatic carbocycles. The summed E-state index contributed by atoms with van der Waals surface area (Å²) >= 11 is 1.62. The molecule has 0 saturated carbocycles. The van der Waals surface area contributed by atoms with Crippen LogP contribution in [-0.2, 0) is 0 Å². The van der Waals surface area contributed by atoms with Crippen LogP contribution in [0.5, 0.6) is 11.5 Å².